The Morgan fingerprint density at radius 2 is 1.95 bits per heavy atom. The van der Waals surface area contributed by atoms with Gasteiger partial charge in [0.2, 0.25) is 5.88 Å². The minimum atomic E-state index is -0.232. The fourth-order valence-electron chi connectivity index (χ4n) is 1.92. The summed E-state index contributed by atoms with van der Waals surface area (Å²) in [6, 6.07) is 6.43. The number of nitrogens with one attached hydrogen (secondary N) is 1. The summed E-state index contributed by atoms with van der Waals surface area (Å²) in [7, 11) is 1.53. The van der Waals surface area contributed by atoms with Gasteiger partial charge in [0.1, 0.15) is 17.3 Å². The number of aryl methyl sites for hydroxylation is 1. The molecule has 0 saturated carbocycles. The van der Waals surface area contributed by atoms with Crippen LogP contribution in [0, 0.1) is 5.82 Å². The number of ether oxygens (including phenoxy) is 1. The normalized spacial score (nSPS) is 10.4. The number of rotatable bonds is 6. The van der Waals surface area contributed by atoms with E-state index in [-0.39, 0.29) is 5.82 Å². The third kappa shape index (κ3) is 3.81. The van der Waals surface area contributed by atoms with Gasteiger partial charge in [-0.25, -0.2) is 9.37 Å². The molecule has 1 aromatic carbocycles. The number of hydrogen-bond donors (Lipinski definition) is 2. The lowest BCUT2D eigenvalue weighted by atomic mass is 10.1. The molecule has 0 aliphatic heterocycles. The maximum atomic E-state index is 12.8. The average molecular weight is 290 g/mol. The largest absolute Gasteiger partial charge is 0.479 e. The third-order valence-electron chi connectivity index (χ3n) is 3.09. The number of halogens is 1. The Balaban J connectivity index is 2.03. The van der Waals surface area contributed by atoms with Crippen LogP contribution in [0.15, 0.2) is 24.3 Å². The lowest BCUT2D eigenvalue weighted by Gasteiger charge is -2.12. The molecule has 112 valence electrons. The molecule has 0 radical (unpaired) electrons. The molecular formula is C15H19FN4O. The van der Waals surface area contributed by atoms with E-state index in [9.17, 15) is 4.39 Å². The van der Waals surface area contributed by atoms with Crippen LogP contribution in [0.4, 0.5) is 15.9 Å². The van der Waals surface area contributed by atoms with E-state index in [1.165, 1.54) is 19.2 Å². The molecule has 0 atom stereocenters. The lowest BCUT2D eigenvalue weighted by Crippen LogP contribution is -2.12. The second kappa shape index (κ2) is 6.88. The van der Waals surface area contributed by atoms with E-state index in [0.717, 1.165) is 12.0 Å². The Hall–Kier alpha value is -2.37. The van der Waals surface area contributed by atoms with Crippen molar-refractivity contribution in [2.24, 2.45) is 0 Å². The smallest absolute Gasteiger partial charge is 0.242 e. The molecule has 2 aromatic rings. The molecule has 0 saturated heterocycles. The van der Waals surface area contributed by atoms with Crippen LogP contribution >= 0.6 is 0 Å². The molecule has 0 spiro atoms. The van der Waals surface area contributed by atoms with Gasteiger partial charge in [-0.15, -0.1) is 0 Å². The summed E-state index contributed by atoms with van der Waals surface area (Å²) in [5.74, 6) is 1.39. The molecule has 1 heterocycles. The molecule has 3 N–H and O–H groups in total. The SMILES string of the molecule is CCc1nc(NCCc2ccc(F)cc2)c(N)c(OC)n1. The van der Waals surface area contributed by atoms with Gasteiger partial charge in [0.25, 0.3) is 0 Å². The van der Waals surface area contributed by atoms with E-state index in [4.69, 9.17) is 10.5 Å². The van der Waals surface area contributed by atoms with Gasteiger partial charge in [-0.05, 0) is 24.1 Å². The first-order valence-corrected chi connectivity index (χ1v) is 6.82. The summed E-state index contributed by atoms with van der Waals surface area (Å²) < 4.78 is 18.0. The van der Waals surface area contributed by atoms with Crippen molar-refractivity contribution in [2.45, 2.75) is 19.8 Å². The minimum Gasteiger partial charge on any atom is -0.479 e. The van der Waals surface area contributed by atoms with Crippen LogP contribution in [0.5, 0.6) is 5.88 Å². The summed E-state index contributed by atoms with van der Waals surface area (Å²) in [4.78, 5) is 8.56. The summed E-state index contributed by atoms with van der Waals surface area (Å²) in [6.07, 6.45) is 1.44. The first kappa shape index (κ1) is 15.0. The highest BCUT2D eigenvalue weighted by atomic mass is 19.1. The molecule has 0 bridgehead atoms. The number of hydrogen-bond acceptors (Lipinski definition) is 5. The van der Waals surface area contributed by atoms with Crippen molar-refractivity contribution in [1.82, 2.24) is 9.97 Å². The molecule has 6 heteroatoms. The van der Waals surface area contributed by atoms with E-state index in [2.05, 4.69) is 15.3 Å². The zero-order valence-corrected chi connectivity index (χ0v) is 12.2. The van der Waals surface area contributed by atoms with Gasteiger partial charge in [0.15, 0.2) is 5.82 Å². The minimum absolute atomic E-state index is 0.232. The topological polar surface area (TPSA) is 73.1 Å². The molecule has 0 unspecified atom stereocenters. The zero-order valence-electron chi connectivity index (χ0n) is 12.2. The molecule has 0 amide bonds. The first-order valence-electron chi connectivity index (χ1n) is 6.82. The monoisotopic (exact) mass is 290 g/mol. The van der Waals surface area contributed by atoms with E-state index in [1.54, 1.807) is 12.1 Å². The Bertz CT molecular complexity index is 601. The first-order chi connectivity index (χ1) is 10.1. The van der Waals surface area contributed by atoms with E-state index in [0.29, 0.717) is 36.2 Å². The van der Waals surface area contributed by atoms with Gasteiger partial charge in [-0.3, -0.25) is 0 Å². The predicted molar refractivity (Wildman–Crippen MR) is 81.0 cm³/mol. The molecule has 0 aliphatic rings. The van der Waals surface area contributed by atoms with Gasteiger partial charge in [0.05, 0.1) is 7.11 Å². The highest BCUT2D eigenvalue weighted by molar-refractivity contribution is 5.66. The van der Waals surface area contributed by atoms with Crippen molar-refractivity contribution in [3.63, 3.8) is 0 Å². The standard InChI is InChI=1S/C15H19FN4O/c1-3-12-19-14(13(17)15(20-12)21-2)18-9-8-10-4-6-11(16)7-5-10/h4-7H,3,8-9,17H2,1-2H3,(H,18,19,20). The van der Waals surface area contributed by atoms with Crippen molar-refractivity contribution >= 4 is 11.5 Å². The molecular weight excluding hydrogens is 271 g/mol. The molecule has 5 nitrogen and oxygen atoms in total. The predicted octanol–water partition coefficient (Wildman–Crippen LogP) is 2.42. The fourth-order valence-corrected chi connectivity index (χ4v) is 1.92. The van der Waals surface area contributed by atoms with Crippen LogP contribution in [0.25, 0.3) is 0 Å². The van der Waals surface area contributed by atoms with Crippen molar-refractivity contribution < 1.29 is 9.13 Å². The number of nitrogens with zero attached hydrogens (tertiary/aromatic N) is 2. The van der Waals surface area contributed by atoms with Gasteiger partial charge in [-0.1, -0.05) is 19.1 Å². The fraction of sp³-hybridized carbons (Fsp3) is 0.333. The maximum absolute atomic E-state index is 12.8. The van der Waals surface area contributed by atoms with Crippen LogP contribution in [0.1, 0.15) is 18.3 Å². The molecule has 2 rings (SSSR count). The second-order valence-corrected chi connectivity index (χ2v) is 4.57. The van der Waals surface area contributed by atoms with Crippen LogP contribution < -0.4 is 15.8 Å². The number of aromatic nitrogens is 2. The second-order valence-electron chi connectivity index (χ2n) is 4.57. The van der Waals surface area contributed by atoms with E-state index in [1.807, 2.05) is 6.92 Å². The highest BCUT2D eigenvalue weighted by Gasteiger charge is 2.11. The van der Waals surface area contributed by atoms with E-state index < -0.39 is 0 Å². The van der Waals surface area contributed by atoms with Crippen molar-refractivity contribution in [3.8, 4) is 5.88 Å². The third-order valence-corrected chi connectivity index (χ3v) is 3.09. The van der Waals surface area contributed by atoms with Gasteiger partial charge >= 0.3 is 0 Å². The summed E-state index contributed by atoms with van der Waals surface area (Å²) >= 11 is 0. The van der Waals surface area contributed by atoms with Crippen LogP contribution in [-0.4, -0.2) is 23.6 Å². The van der Waals surface area contributed by atoms with Crippen LogP contribution in [-0.2, 0) is 12.8 Å². The number of nitrogen functional groups attached to an aromatic ring is 1. The Morgan fingerprint density at radius 3 is 2.57 bits per heavy atom. The Morgan fingerprint density at radius 1 is 1.24 bits per heavy atom. The average Bonchev–Trinajstić information content (AvgIpc) is 2.51. The van der Waals surface area contributed by atoms with Crippen molar-refractivity contribution in [1.29, 1.82) is 0 Å². The lowest BCUT2D eigenvalue weighted by molar-refractivity contribution is 0.397. The quantitative estimate of drug-likeness (QED) is 0.854. The molecule has 1 aromatic heterocycles. The Labute approximate surface area is 123 Å². The molecule has 0 aliphatic carbocycles. The Kier molecular flexibility index (Phi) is 4.92. The van der Waals surface area contributed by atoms with Gasteiger partial charge in [-0.2, -0.15) is 4.98 Å². The highest BCUT2D eigenvalue weighted by Crippen LogP contribution is 2.25. The molecule has 0 fully saturated rings. The van der Waals surface area contributed by atoms with Crippen LogP contribution in [0.2, 0.25) is 0 Å². The van der Waals surface area contributed by atoms with Crippen molar-refractivity contribution in [3.05, 3.63) is 41.5 Å². The summed E-state index contributed by atoms with van der Waals surface area (Å²) in [5.41, 5.74) is 7.39. The maximum Gasteiger partial charge on any atom is 0.242 e. The number of benzene rings is 1. The summed E-state index contributed by atoms with van der Waals surface area (Å²) in [6.45, 7) is 2.60. The molecule has 21 heavy (non-hydrogen) atoms. The zero-order chi connectivity index (χ0) is 15.2. The van der Waals surface area contributed by atoms with Crippen LogP contribution in [0.3, 0.4) is 0 Å². The number of methoxy groups -OCH3 is 1. The van der Waals surface area contributed by atoms with Crippen molar-refractivity contribution in [2.75, 3.05) is 24.7 Å². The number of anilines is 2. The summed E-state index contributed by atoms with van der Waals surface area (Å²) in [5, 5.41) is 3.18. The van der Waals surface area contributed by atoms with Gasteiger partial charge < -0.3 is 15.8 Å². The van der Waals surface area contributed by atoms with Gasteiger partial charge in [0, 0.05) is 13.0 Å². The van der Waals surface area contributed by atoms with E-state index >= 15 is 0 Å². The number of nitrogens with two attached hydrogens (primary N) is 1.